The van der Waals surface area contributed by atoms with E-state index in [9.17, 15) is 0 Å². The average Bonchev–Trinajstić information content (AvgIpc) is 3.78. The molecule has 0 N–H and O–H groups in total. The molecule has 2 aromatic heterocycles. The second-order valence-corrected chi connectivity index (χ2v) is 12.8. The minimum Gasteiger partial charge on any atom is -0.521 e. The van der Waals surface area contributed by atoms with Gasteiger partial charge >= 0.3 is 21.1 Å². The van der Waals surface area contributed by atoms with Gasteiger partial charge in [0.15, 0.2) is 0 Å². The first-order valence-electron chi connectivity index (χ1n) is 17.6. The predicted molar refractivity (Wildman–Crippen MR) is 214 cm³/mol. The van der Waals surface area contributed by atoms with Gasteiger partial charge in [0.1, 0.15) is 0 Å². The van der Waals surface area contributed by atoms with Gasteiger partial charge in [0, 0.05) is 45.3 Å². The fourth-order valence-corrected chi connectivity index (χ4v) is 7.34. The molecule has 9 aromatic rings. The molecule has 1 aliphatic rings. The van der Waals surface area contributed by atoms with Crippen molar-refractivity contribution in [3.05, 3.63) is 201 Å². The van der Waals surface area contributed by atoms with Crippen LogP contribution in [0.3, 0.4) is 0 Å². The summed E-state index contributed by atoms with van der Waals surface area (Å²) in [6, 6.07) is 68.7. The molecule has 0 saturated heterocycles. The molecule has 0 radical (unpaired) electrons. The minimum absolute atomic E-state index is 0. The molecule has 5 nitrogen and oxygen atoms in total. The predicted octanol–water partition coefficient (Wildman–Crippen LogP) is 12.1. The van der Waals surface area contributed by atoms with Crippen LogP contribution in [-0.2, 0) is 21.1 Å². The van der Waals surface area contributed by atoms with Gasteiger partial charge in [-0.2, -0.15) is 42.5 Å². The number of rotatable bonds is 7. The summed E-state index contributed by atoms with van der Waals surface area (Å²) in [5.41, 5.74) is 10.6. The minimum atomic E-state index is 0. The Morgan fingerprint density at radius 3 is 1.93 bits per heavy atom. The first kappa shape index (κ1) is 33.4. The molecule has 10 rings (SSSR count). The van der Waals surface area contributed by atoms with Crippen molar-refractivity contribution < 1.29 is 25.8 Å². The maximum absolute atomic E-state index is 6.47. The molecule has 1 aliphatic heterocycles. The Kier molecular flexibility index (Phi) is 8.78. The van der Waals surface area contributed by atoms with E-state index >= 15 is 0 Å². The molecule has 0 aliphatic carbocycles. The third-order valence-electron chi connectivity index (χ3n) is 9.67. The Hall–Kier alpha value is -6.42. The Bertz CT molecular complexity index is 2650. The van der Waals surface area contributed by atoms with Crippen molar-refractivity contribution in [3.63, 3.8) is 0 Å². The number of hydrogen-bond donors (Lipinski definition) is 0. The van der Waals surface area contributed by atoms with E-state index in [4.69, 9.17) is 9.72 Å². The van der Waals surface area contributed by atoms with Crippen LogP contribution >= 0.6 is 0 Å². The van der Waals surface area contributed by atoms with Crippen molar-refractivity contribution in [1.29, 1.82) is 0 Å². The summed E-state index contributed by atoms with van der Waals surface area (Å²) in [7, 11) is 0. The molecule has 258 valence electrons. The molecule has 6 heteroatoms. The number of benzene rings is 7. The molecule has 7 aromatic carbocycles. The van der Waals surface area contributed by atoms with Gasteiger partial charge in [-0.25, -0.2) is 0 Å². The largest absolute Gasteiger partial charge is 4.00 e. The summed E-state index contributed by atoms with van der Waals surface area (Å²) in [6.45, 7) is 2.16. The molecule has 0 spiro atoms. The van der Waals surface area contributed by atoms with E-state index in [0.29, 0.717) is 17.3 Å². The van der Waals surface area contributed by atoms with Crippen molar-refractivity contribution in [2.45, 2.75) is 0 Å². The maximum Gasteiger partial charge on any atom is 4.00 e. The average molecular weight is 874 g/mol. The molecule has 0 unspecified atom stereocenters. The normalized spacial score (nSPS) is 12.1. The van der Waals surface area contributed by atoms with Gasteiger partial charge in [0.25, 0.3) is 0 Å². The molecule has 0 bridgehead atoms. The molecule has 0 saturated carbocycles. The first-order chi connectivity index (χ1) is 26.3. The summed E-state index contributed by atoms with van der Waals surface area (Å²) in [4.78, 5) is 9.18. The third kappa shape index (κ3) is 5.84. The van der Waals surface area contributed by atoms with Gasteiger partial charge in [0.05, 0.1) is 0 Å². The van der Waals surface area contributed by atoms with Crippen LogP contribution in [0.15, 0.2) is 176 Å². The molecule has 3 heterocycles. The van der Waals surface area contributed by atoms with Gasteiger partial charge in [-0.3, -0.25) is 4.98 Å². The van der Waals surface area contributed by atoms with Crippen LogP contribution in [0.25, 0.3) is 49.9 Å². The van der Waals surface area contributed by atoms with Gasteiger partial charge in [-0.05, 0) is 40.5 Å². The standard InChI is InChI=1S/C48H30N4O.Pt/c1-3-15-34(16-4-1)39-23-14-24-40(35-17-5-2-6-18-35)48(39)51-33-50(45-27-11-12-28-46(45)51)36-19-13-20-37(31-36)53-38-29-30-49-47(32-38)52-43-25-9-7-21-41(43)42-22-8-10-26-44(42)52;/h1-25,27-30,33H;/q-4;+4. The fraction of sp³-hybridized carbons (Fsp3) is 0. The van der Waals surface area contributed by atoms with Crippen LogP contribution in [0, 0.1) is 24.9 Å². The number of fused-ring (bicyclic) bond motifs is 4. The Morgan fingerprint density at radius 1 is 0.537 bits per heavy atom. The smallest absolute Gasteiger partial charge is 0.521 e. The second-order valence-electron chi connectivity index (χ2n) is 12.8. The molecule has 0 atom stereocenters. The first-order valence-corrected chi connectivity index (χ1v) is 17.6. The van der Waals surface area contributed by atoms with E-state index in [1.165, 1.54) is 0 Å². The SMILES string of the molecule is [Pt+4].[c-]1c(Oc2[c-]c(-n3c4[c-]cccc4c4ccccc43)ncc2)cccc1N1[CH-]N(c2c(-c3ccccc3)cccc2-c2ccccc2)c2ccccc21. The van der Waals surface area contributed by atoms with Gasteiger partial charge in [0.2, 0.25) is 0 Å². The second kappa shape index (κ2) is 14.2. The van der Waals surface area contributed by atoms with E-state index in [0.717, 1.165) is 66.8 Å². The van der Waals surface area contributed by atoms with Gasteiger partial charge in [-0.1, -0.05) is 121 Å². The number of nitrogens with zero attached hydrogens (tertiary/aromatic N) is 4. The molecular weight excluding hydrogens is 844 g/mol. The Balaban J connectivity index is 0.00000384. The summed E-state index contributed by atoms with van der Waals surface area (Å²) >= 11 is 0. The molecule has 54 heavy (non-hydrogen) atoms. The van der Waals surface area contributed by atoms with Gasteiger partial charge < -0.3 is 19.1 Å². The van der Waals surface area contributed by atoms with E-state index in [1.807, 2.05) is 36.4 Å². The van der Waals surface area contributed by atoms with Crippen molar-refractivity contribution in [1.82, 2.24) is 9.55 Å². The molecule has 0 amide bonds. The summed E-state index contributed by atoms with van der Waals surface area (Å²) in [5.74, 6) is 1.75. The number of anilines is 4. The van der Waals surface area contributed by atoms with Crippen LogP contribution < -0.4 is 14.5 Å². The zero-order valence-electron chi connectivity index (χ0n) is 28.8. The van der Waals surface area contributed by atoms with Crippen molar-refractivity contribution in [3.8, 4) is 39.6 Å². The van der Waals surface area contributed by atoms with Crippen molar-refractivity contribution >= 4 is 44.6 Å². The maximum atomic E-state index is 6.47. The van der Waals surface area contributed by atoms with Crippen molar-refractivity contribution in [2.24, 2.45) is 0 Å². The van der Waals surface area contributed by atoms with E-state index in [1.54, 1.807) is 6.20 Å². The Labute approximate surface area is 328 Å². The number of aromatic nitrogens is 2. The number of pyridine rings is 1. The van der Waals surface area contributed by atoms with Crippen LogP contribution in [0.4, 0.5) is 22.7 Å². The van der Waals surface area contributed by atoms with E-state index in [-0.39, 0.29) is 21.1 Å². The summed E-state index contributed by atoms with van der Waals surface area (Å²) in [5, 5.41) is 2.25. The van der Waals surface area contributed by atoms with Crippen molar-refractivity contribution in [2.75, 3.05) is 9.80 Å². The summed E-state index contributed by atoms with van der Waals surface area (Å²) in [6.07, 6.45) is 1.76. The monoisotopic (exact) mass is 873 g/mol. The zero-order chi connectivity index (χ0) is 35.1. The quantitative estimate of drug-likeness (QED) is 0.149. The van der Waals surface area contributed by atoms with E-state index < -0.39 is 0 Å². The van der Waals surface area contributed by atoms with Crippen LogP contribution in [0.2, 0.25) is 0 Å². The van der Waals surface area contributed by atoms with Crippen LogP contribution in [0.5, 0.6) is 11.5 Å². The number of hydrogen-bond acceptors (Lipinski definition) is 4. The number of ether oxygens (including phenoxy) is 1. The van der Waals surface area contributed by atoms with Crippen LogP contribution in [0.1, 0.15) is 0 Å². The summed E-state index contributed by atoms with van der Waals surface area (Å²) < 4.78 is 8.55. The third-order valence-corrected chi connectivity index (χ3v) is 9.67. The van der Waals surface area contributed by atoms with Crippen LogP contribution in [-0.4, -0.2) is 9.55 Å². The van der Waals surface area contributed by atoms with E-state index in [2.05, 4.69) is 173 Å². The number of para-hydroxylation sites is 5. The zero-order valence-corrected chi connectivity index (χ0v) is 31.1. The van der Waals surface area contributed by atoms with Gasteiger partial charge in [-0.15, -0.1) is 35.9 Å². The molecular formula is C48H30N4OPt. The molecule has 0 fully saturated rings. The Morgan fingerprint density at radius 2 is 1.17 bits per heavy atom. The fourth-order valence-electron chi connectivity index (χ4n) is 7.34. The topological polar surface area (TPSA) is 33.5 Å².